The topological polar surface area (TPSA) is 35.6 Å². The van der Waals surface area contributed by atoms with Gasteiger partial charge in [0.1, 0.15) is 0 Å². The molecule has 1 N–H and O–H groups in total. The van der Waals surface area contributed by atoms with E-state index in [9.17, 15) is 4.79 Å². The van der Waals surface area contributed by atoms with Crippen LogP contribution in [0.4, 0.5) is 4.79 Å². The Balaban J connectivity index is 1.76. The highest BCUT2D eigenvalue weighted by molar-refractivity contribution is 5.74. The molecule has 1 aliphatic heterocycles. The van der Waals surface area contributed by atoms with Gasteiger partial charge in [-0.2, -0.15) is 0 Å². The van der Waals surface area contributed by atoms with Crippen molar-refractivity contribution in [2.45, 2.75) is 70.9 Å². The molecule has 122 valence electrons. The van der Waals surface area contributed by atoms with E-state index in [2.05, 4.69) is 24.1 Å². The van der Waals surface area contributed by atoms with Crippen molar-refractivity contribution in [3.05, 3.63) is 0 Å². The van der Waals surface area contributed by atoms with Gasteiger partial charge >= 0.3 is 6.03 Å². The number of carbonyl (C=O) groups is 1. The van der Waals surface area contributed by atoms with Gasteiger partial charge in [-0.1, -0.05) is 13.8 Å². The van der Waals surface area contributed by atoms with E-state index in [0.717, 1.165) is 51.2 Å². The fourth-order valence-corrected chi connectivity index (χ4v) is 3.59. The molecule has 1 saturated carbocycles. The van der Waals surface area contributed by atoms with E-state index < -0.39 is 0 Å². The molecule has 0 aromatic rings. The standard InChI is InChI=1S/C17H33N3O/c1-4-11-18-15-5-7-16(8-6-15)19(3)17(21)20-12-9-14(2)10-13-20/h14-16,18H,4-13H2,1-3H3. The molecule has 0 aromatic carbocycles. The molecular weight excluding hydrogens is 262 g/mol. The zero-order valence-electron chi connectivity index (χ0n) is 14.1. The molecule has 1 saturated heterocycles. The van der Waals surface area contributed by atoms with Gasteiger partial charge in [0.05, 0.1) is 0 Å². The number of nitrogens with one attached hydrogen (secondary N) is 1. The smallest absolute Gasteiger partial charge is 0.319 e. The Bertz CT molecular complexity index is 318. The molecular formula is C17H33N3O. The quantitative estimate of drug-likeness (QED) is 0.865. The molecule has 0 unspecified atom stereocenters. The van der Waals surface area contributed by atoms with Gasteiger partial charge in [-0.3, -0.25) is 0 Å². The van der Waals surface area contributed by atoms with Crippen molar-refractivity contribution >= 4 is 6.03 Å². The van der Waals surface area contributed by atoms with Crippen molar-refractivity contribution < 1.29 is 4.79 Å². The number of piperidine rings is 1. The summed E-state index contributed by atoms with van der Waals surface area (Å²) in [6.45, 7) is 7.51. The summed E-state index contributed by atoms with van der Waals surface area (Å²) >= 11 is 0. The Kier molecular flexibility index (Phi) is 6.34. The van der Waals surface area contributed by atoms with Crippen LogP contribution in [-0.4, -0.2) is 54.6 Å². The predicted molar refractivity (Wildman–Crippen MR) is 87.5 cm³/mol. The van der Waals surface area contributed by atoms with Gasteiger partial charge < -0.3 is 15.1 Å². The van der Waals surface area contributed by atoms with Gasteiger partial charge in [-0.05, 0) is 57.4 Å². The number of hydrogen-bond donors (Lipinski definition) is 1. The van der Waals surface area contributed by atoms with E-state index in [1.165, 1.54) is 19.3 Å². The molecule has 4 nitrogen and oxygen atoms in total. The first-order chi connectivity index (χ1) is 10.1. The summed E-state index contributed by atoms with van der Waals surface area (Å²) in [6, 6.07) is 1.36. The summed E-state index contributed by atoms with van der Waals surface area (Å²) in [5.41, 5.74) is 0. The van der Waals surface area contributed by atoms with Crippen LogP contribution in [0.15, 0.2) is 0 Å². The Hall–Kier alpha value is -0.770. The van der Waals surface area contributed by atoms with Gasteiger partial charge in [0.25, 0.3) is 0 Å². The van der Waals surface area contributed by atoms with Crippen LogP contribution in [0.2, 0.25) is 0 Å². The second-order valence-electron chi connectivity index (χ2n) is 7.02. The minimum Gasteiger partial charge on any atom is -0.325 e. The largest absolute Gasteiger partial charge is 0.325 e. The third-order valence-corrected chi connectivity index (χ3v) is 5.28. The van der Waals surface area contributed by atoms with Gasteiger partial charge in [0.2, 0.25) is 0 Å². The molecule has 4 heteroatoms. The maximum atomic E-state index is 12.6. The number of rotatable bonds is 4. The van der Waals surface area contributed by atoms with E-state index in [-0.39, 0.29) is 6.03 Å². The first-order valence-electron chi connectivity index (χ1n) is 8.87. The third-order valence-electron chi connectivity index (χ3n) is 5.28. The van der Waals surface area contributed by atoms with Crippen molar-refractivity contribution in [2.24, 2.45) is 5.92 Å². The molecule has 21 heavy (non-hydrogen) atoms. The lowest BCUT2D eigenvalue weighted by Gasteiger charge is -2.39. The molecule has 1 aliphatic carbocycles. The maximum absolute atomic E-state index is 12.6. The average Bonchev–Trinajstić information content (AvgIpc) is 2.53. The molecule has 2 rings (SSSR count). The van der Waals surface area contributed by atoms with Crippen LogP contribution < -0.4 is 5.32 Å². The highest BCUT2D eigenvalue weighted by Gasteiger charge is 2.29. The fourth-order valence-electron chi connectivity index (χ4n) is 3.59. The van der Waals surface area contributed by atoms with Crippen LogP contribution in [0.3, 0.4) is 0 Å². The van der Waals surface area contributed by atoms with Crippen molar-refractivity contribution in [3.63, 3.8) is 0 Å². The number of carbonyl (C=O) groups excluding carboxylic acids is 1. The minimum atomic E-state index is 0.256. The van der Waals surface area contributed by atoms with Crippen molar-refractivity contribution in [1.29, 1.82) is 0 Å². The highest BCUT2D eigenvalue weighted by atomic mass is 16.2. The van der Waals surface area contributed by atoms with E-state index in [1.807, 2.05) is 11.9 Å². The Morgan fingerprint density at radius 1 is 1.14 bits per heavy atom. The van der Waals surface area contributed by atoms with Gasteiger partial charge in [-0.25, -0.2) is 4.79 Å². The summed E-state index contributed by atoms with van der Waals surface area (Å²) in [5.74, 6) is 0.777. The molecule has 0 bridgehead atoms. The molecule has 0 radical (unpaired) electrons. The number of hydrogen-bond acceptors (Lipinski definition) is 2. The minimum absolute atomic E-state index is 0.256. The van der Waals surface area contributed by atoms with Crippen LogP contribution >= 0.6 is 0 Å². The molecule has 1 heterocycles. The molecule has 0 atom stereocenters. The SMILES string of the molecule is CCCNC1CCC(N(C)C(=O)N2CCC(C)CC2)CC1. The number of urea groups is 1. The fraction of sp³-hybridized carbons (Fsp3) is 0.941. The molecule has 0 aromatic heterocycles. The summed E-state index contributed by atoms with van der Waals surface area (Å²) in [6.07, 6.45) is 8.23. The monoisotopic (exact) mass is 295 g/mol. The van der Waals surface area contributed by atoms with Crippen LogP contribution in [-0.2, 0) is 0 Å². The first-order valence-corrected chi connectivity index (χ1v) is 8.87. The van der Waals surface area contributed by atoms with Crippen molar-refractivity contribution in [3.8, 4) is 0 Å². The lowest BCUT2D eigenvalue weighted by molar-refractivity contribution is 0.116. The predicted octanol–water partition coefficient (Wildman–Crippen LogP) is 3.08. The van der Waals surface area contributed by atoms with Crippen LogP contribution in [0.25, 0.3) is 0 Å². The zero-order chi connectivity index (χ0) is 15.2. The molecule has 0 spiro atoms. The average molecular weight is 295 g/mol. The molecule has 2 aliphatic rings. The van der Waals surface area contributed by atoms with E-state index in [0.29, 0.717) is 12.1 Å². The number of nitrogens with zero attached hydrogens (tertiary/aromatic N) is 2. The number of likely N-dealkylation sites (tertiary alicyclic amines) is 1. The number of amides is 2. The molecule has 2 fully saturated rings. The normalized spacial score (nSPS) is 27.7. The van der Waals surface area contributed by atoms with E-state index in [1.54, 1.807) is 0 Å². The summed E-state index contributed by atoms with van der Waals surface area (Å²) in [7, 11) is 2.00. The molecule has 2 amide bonds. The first kappa shape index (κ1) is 16.6. The lowest BCUT2D eigenvalue weighted by atomic mass is 9.90. The summed E-state index contributed by atoms with van der Waals surface area (Å²) in [4.78, 5) is 16.7. The highest BCUT2D eigenvalue weighted by Crippen LogP contribution is 2.24. The summed E-state index contributed by atoms with van der Waals surface area (Å²) < 4.78 is 0. The van der Waals surface area contributed by atoms with Gasteiger partial charge in [0, 0.05) is 32.2 Å². The van der Waals surface area contributed by atoms with Crippen LogP contribution in [0.1, 0.15) is 58.8 Å². The van der Waals surface area contributed by atoms with E-state index >= 15 is 0 Å². The maximum Gasteiger partial charge on any atom is 0.319 e. The van der Waals surface area contributed by atoms with E-state index in [4.69, 9.17) is 0 Å². The van der Waals surface area contributed by atoms with Crippen molar-refractivity contribution in [1.82, 2.24) is 15.1 Å². The van der Waals surface area contributed by atoms with Gasteiger partial charge in [-0.15, -0.1) is 0 Å². The third kappa shape index (κ3) is 4.60. The second-order valence-corrected chi connectivity index (χ2v) is 7.02. The van der Waals surface area contributed by atoms with Gasteiger partial charge in [0.15, 0.2) is 0 Å². The lowest BCUT2D eigenvalue weighted by Crippen LogP contribution is -2.50. The zero-order valence-corrected chi connectivity index (χ0v) is 14.1. The Morgan fingerprint density at radius 3 is 2.33 bits per heavy atom. The second kappa shape index (κ2) is 8.02. The van der Waals surface area contributed by atoms with Crippen LogP contribution in [0, 0.1) is 5.92 Å². The summed E-state index contributed by atoms with van der Waals surface area (Å²) in [5, 5.41) is 3.61. The van der Waals surface area contributed by atoms with Crippen LogP contribution in [0.5, 0.6) is 0 Å². The Morgan fingerprint density at radius 2 is 1.76 bits per heavy atom. The Labute approximate surface area is 130 Å². The van der Waals surface area contributed by atoms with Crippen molar-refractivity contribution in [2.75, 3.05) is 26.7 Å².